The number of fused-ring (bicyclic) bond motifs is 6. The van der Waals surface area contributed by atoms with Gasteiger partial charge in [0.1, 0.15) is 11.6 Å². The molecule has 1 aliphatic heterocycles. The summed E-state index contributed by atoms with van der Waals surface area (Å²) in [4.78, 5) is 42.1. The summed E-state index contributed by atoms with van der Waals surface area (Å²) in [7, 11) is 0. The maximum atomic E-state index is 15.0. The molecule has 52 heavy (non-hydrogen) atoms. The zero-order chi connectivity index (χ0) is 36.0. The third-order valence-corrected chi connectivity index (χ3v) is 14.6. The number of halogens is 1. The van der Waals surface area contributed by atoms with E-state index in [1.54, 1.807) is 23.1 Å². The Morgan fingerprint density at radius 1 is 0.923 bits per heavy atom. The number of ketones is 1. The van der Waals surface area contributed by atoms with Crippen molar-refractivity contribution in [1.29, 1.82) is 0 Å². The number of carbonyl (C=O) groups excluding carboxylic acids is 2. The lowest BCUT2D eigenvalue weighted by Crippen LogP contribution is -2.54. The molecule has 0 radical (unpaired) electrons. The Kier molecular flexibility index (Phi) is 9.87. The first-order valence-corrected chi connectivity index (χ1v) is 20.0. The summed E-state index contributed by atoms with van der Waals surface area (Å²) in [6.07, 6.45) is 13.2. The van der Waals surface area contributed by atoms with E-state index in [0.29, 0.717) is 53.8 Å². The number of ether oxygens (including phenoxy) is 1. The van der Waals surface area contributed by atoms with E-state index in [9.17, 15) is 18.8 Å². The summed E-state index contributed by atoms with van der Waals surface area (Å²) in [5.74, 6) is 2.65. The Balaban J connectivity index is 0.786. The fraction of sp³-hybridized carbons (Fsp3) is 0.628. The minimum Gasteiger partial charge on any atom is -0.378 e. The van der Waals surface area contributed by atoms with Crippen LogP contribution in [-0.2, 0) is 16.0 Å². The van der Waals surface area contributed by atoms with Gasteiger partial charge in [0.15, 0.2) is 0 Å². The van der Waals surface area contributed by atoms with E-state index in [0.717, 1.165) is 87.0 Å². The highest BCUT2D eigenvalue weighted by atomic mass is 19.1. The van der Waals surface area contributed by atoms with Gasteiger partial charge in [-0.25, -0.2) is 9.49 Å². The molecule has 8 rings (SSSR count). The van der Waals surface area contributed by atoms with Gasteiger partial charge in [0.25, 0.3) is 11.5 Å². The standard InChI is InChI=1S/C43H55FN4O4/c1-42-17-15-30(49)27-29(42)10-11-33-35-12-14-39(43(35,2)18-16-36(33)42)52-24-6-5-19-47-20-22-48(23-21-47)41(51)34-25-28(9-13-37(34)44)26-38-31-7-3-4-8-32(31)40(50)46-45-38/h3-4,7-9,13,25,29,33,35-36,39H,5-6,10-12,14-24,26-27H2,1-2H3,(H,46,50)/t29-,33-,35-,36-,39-,42-,43-/m0/s1. The summed E-state index contributed by atoms with van der Waals surface area (Å²) in [6.45, 7) is 9.55. The molecule has 2 aromatic carbocycles. The van der Waals surface area contributed by atoms with Crippen LogP contribution in [0.1, 0.15) is 106 Å². The fourth-order valence-corrected chi connectivity index (χ4v) is 11.6. The SMILES string of the molecule is C[C@]12CCC(=O)C[C@@H]1CC[C@@H]1[C@@H]2CC[C@]2(C)[C@@H](OCCCCN3CCN(C(=O)c4cc(Cc5n[nH]c(=O)c6ccccc56)ccc4F)CC3)CC[C@@H]12. The maximum absolute atomic E-state index is 15.0. The van der Waals surface area contributed by atoms with Crippen molar-refractivity contribution >= 4 is 22.5 Å². The Labute approximate surface area is 306 Å². The Morgan fingerprint density at radius 2 is 1.71 bits per heavy atom. The van der Waals surface area contributed by atoms with Crippen LogP contribution in [0.2, 0.25) is 0 Å². The normalized spacial score (nSPS) is 32.0. The third kappa shape index (κ3) is 6.54. The molecule has 1 aromatic heterocycles. The van der Waals surface area contributed by atoms with E-state index in [2.05, 4.69) is 28.9 Å². The molecule has 7 atom stereocenters. The lowest BCUT2D eigenvalue weighted by Gasteiger charge is -2.60. The van der Waals surface area contributed by atoms with Gasteiger partial charge >= 0.3 is 0 Å². The van der Waals surface area contributed by atoms with E-state index < -0.39 is 5.82 Å². The lowest BCUT2D eigenvalue weighted by atomic mass is 9.45. The average Bonchev–Trinajstić information content (AvgIpc) is 3.49. The van der Waals surface area contributed by atoms with E-state index in [-0.39, 0.29) is 22.4 Å². The van der Waals surface area contributed by atoms with Crippen LogP contribution in [0, 0.1) is 40.3 Å². The van der Waals surface area contributed by atoms with Crippen LogP contribution >= 0.6 is 0 Å². The summed E-state index contributed by atoms with van der Waals surface area (Å²) in [6, 6.07) is 12.0. The van der Waals surface area contributed by atoms with Crippen molar-refractivity contribution in [2.45, 2.75) is 97.0 Å². The number of nitrogens with zero attached hydrogens (tertiary/aromatic N) is 3. The number of piperazine rings is 1. The molecule has 5 aliphatic rings. The molecule has 0 spiro atoms. The van der Waals surface area contributed by atoms with Crippen LogP contribution in [0.5, 0.6) is 0 Å². The van der Waals surface area contributed by atoms with E-state index in [4.69, 9.17) is 4.74 Å². The molecule has 5 fully saturated rings. The number of H-pyrrole nitrogens is 1. The van der Waals surface area contributed by atoms with Gasteiger partial charge in [-0.05, 0) is 123 Å². The monoisotopic (exact) mass is 710 g/mol. The number of carbonyl (C=O) groups is 2. The van der Waals surface area contributed by atoms with Gasteiger partial charge < -0.3 is 9.64 Å². The number of aromatic amines is 1. The minimum absolute atomic E-state index is 0.0838. The predicted molar refractivity (Wildman–Crippen MR) is 200 cm³/mol. The summed E-state index contributed by atoms with van der Waals surface area (Å²) in [5.41, 5.74) is 1.93. The van der Waals surface area contributed by atoms with E-state index >= 15 is 0 Å². The highest BCUT2D eigenvalue weighted by Crippen LogP contribution is 2.66. The highest BCUT2D eigenvalue weighted by molar-refractivity contribution is 5.95. The Morgan fingerprint density at radius 3 is 2.54 bits per heavy atom. The number of rotatable bonds is 9. The van der Waals surface area contributed by atoms with Gasteiger partial charge in [-0.3, -0.25) is 19.3 Å². The second kappa shape index (κ2) is 14.4. The average molecular weight is 711 g/mol. The first-order valence-electron chi connectivity index (χ1n) is 20.0. The van der Waals surface area contributed by atoms with E-state index in [1.165, 1.54) is 44.6 Å². The molecule has 1 saturated heterocycles. The number of nitrogens with one attached hydrogen (secondary N) is 1. The van der Waals surface area contributed by atoms with Crippen LogP contribution in [-0.4, -0.2) is 77.1 Å². The van der Waals surface area contributed by atoms with Crippen molar-refractivity contribution < 1.29 is 18.7 Å². The van der Waals surface area contributed by atoms with Crippen molar-refractivity contribution in [1.82, 2.24) is 20.0 Å². The Bertz CT molecular complexity index is 1870. The summed E-state index contributed by atoms with van der Waals surface area (Å²) >= 11 is 0. The largest absolute Gasteiger partial charge is 0.378 e. The topological polar surface area (TPSA) is 95.6 Å². The van der Waals surface area contributed by atoms with Gasteiger partial charge in [0.2, 0.25) is 0 Å². The van der Waals surface area contributed by atoms with Crippen LogP contribution in [0.25, 0.3) is 10.8 Å². The number of unbranched alkanes of at least 4 members (excludes halogenated alkanes) is 1. The first-order chi connectivity index (χ1) is 25.1. The smallest absolute Gasteiger partial charge is 0.272 e. The van der Waals surface area contributed by atoms with Gasteiger partial charge in [-0.1, -0.05) is 38.1 Å². The quantitative estimate of drug-likeness (QED) is 0.237. The van der Waals surface area contributed by atoms with Crippen molar-refractivity contribution in [2.24, 2.45) is 34.5 Å². The molecule has 2 heterocycles. The number of aromatic nitrogens is 2. The highest BCUT2D eigenvalue weighted by Gasteiger charge is 2.60. The molecule has 4 aliphatic carbocycles. The number of benzene rings is 2. The fourth-order valence-electron chi connectivity index (χ4n) is 11.6. The number of amides is 1. The molecular formula is C43H55FN4O4. The third-order valence-electron chi connectivity index (χ3n) is 14.6. The molecular weight excluding hydrogens is 655 g/mol. The molecule has 1 amide bonds. The number of Topliss-reactive ketones (excluding diaryl/α,β-unsaturated/α-hetero) is 1. The molecule has 0 bridgehead atoms. The molecule has 3 aromatic rings. The number of hydrogen-bond donors (Lipinski definition) is 1. The van der Waals surface area contributed by atoms with Crippen molar-refractivity contribution in [3.8, 4) is 0 Å². The zero-order valence-corrected chi connectivity index (χ0v) is 31.0. The molecule has 1 N–H and O–H groups in total. The van der Waals surface area contributed by atoms with Gasteiger partial charge in [0.05, 0.1) is 22.7 Å². The van der Waals surface area contributed by atoms with Crippen LogP contribution in [0.4, 0.5) is 4.39 Å². The summed E-state index contributed by atoms with van der Waals surface area (Å²) in [5, 5.41) is 8.12. The van der Waals surface area contributed by atoms with Crippen molar-refractivity contribution in [2.75, 3.05) is 39.3 Å². The number of hydrogen-bond acceptors (Lipinski definition) is 6. The maximum Gasteiger partial charge on any atom is 0.272 e. The minimum atomic E-state index is -0.519. The van der Waals surface area contributed by atoms with Crippen molar-refractivity contribution in [3.63, 3.8) is 0 Å². The molecule has 0 unspecified atom stereocenters. The Hall–Kier alpha value is -3.43. The molecule has 8 nitrogen and oxygen atoms in total. The van der Waals surface area contributed by atoms with Crippen LogP contribution < -0.4 is 5.56 Å². The van der Waals surface area contributed by atoms with Crippen LogP contribution in [0.15, 0.2) is 47.3 Å². The second-order valence-electron chi connectivity index (χ2n) is 17.3. The van der Waals surface area contributed by atoms with Crippen LogP contribution in [0.3, 0.4) is 0 Å². The second-order valence-corrected chi connectivity index (χ2v) is 17.3. The molecule has 278 valence electrons. The van der Waals surface area contributed by atoms with Gasteiger partial charge in [-0.2, -0.15) is 5.10 Å². The zero-order valence-electron chi connectivity index (χ0n) is 31.0. The molecule has 4 saturated carbocycles. The first kappa shape index (κ1) is 35.6. The lowest BCUT2D eigenvalue weighted by molar-refractivity contribution is -0.145. The van der Waals surface area contributed by atoms with E-state index in [1.807, 2.05) is 18.2 Å². The van der Waals surface area contributed by atoms with Gasteiger partial charge in [-0.15, -0.1) is 0 Å². The van der Waals surface area contributed by atoms with Gasteiger partial charge in [0, 0.05) is 57.4 Å². The predicted octanol–water partition coefficient (Wildman–Crippen LogP) is 7.19. The van der Waals surface area contributed by atoms with Crippen molar-refractivity contribution in [3.05, 3.63) is 75.5 Å². The molecule has 9 heteroatoms. The summed E-state index contributed by atoms with van der Waals surface area (Å²) < 4.78 is 21.7.